The van der Waals surface area contributed by atoms with E-state index in [0.717, 1.165) is 12.1 Å². The van der Waals surface area contributed by atoms with Gasteiger partial charge in [-0.25, -0.2) is 4.39 Å². The molecule has 2 nitrogen and oxygen atoms in total. The minimum absolute atomic E-state index is 0.125. The van der Waals surface area contributed by atoms with Gasteiger partial charge in [-0.2, -0.15) is 13.2 Å². The zero-order valence-corrected chi connectivity index (χ0v) is 9.38. The molecule has 1 unspecified atom stereocenters. The maximum atomic E-state index is 12.7. The van der Waals surface area contributed by atoms with Gasteiger partial charge in [-0.1, -0.05) is 12.1 Å². The van der Waals surface area contributed by atoms with E-state index in [1.165, 1.54) is 12.1 Å². The average molecular weight is 264 g/mol. The van der Waals surface area contributed by atoms with Crippen molar-refractivity contribution in [2.75, 3.05) is 0 Å². The first-order valence-electron chi connectivity index (χ1n) is 5.34. The van der Waals surface area contributed by atoms with Crippen molar-refractivity contribution in [1.29, 1.82) is 0 Å². The fourth-order valence-electron chi connectivity index (χ4n) is 1.63. The van der Waals surface area contributed by atoms with Gasteiger partial charge in [0.1, 0.15) is 5.82 Å². The summed E-state index contributed by atoms with van der Waals surface area (Å²) in [5.74, 6) is -2.75. The molecular weight excluding hydrogens is 252 g/mol. The largest absolute Gasteiger partial charge is 0.481 e. The predicted octanol–water partition coefficient (Wildman–Crippen LogP) is 3.73. The minimum Gasteiger partial charge on any atom is -0.481 e. The number of carbonyl (C=O) groups is 1. The number of carboxylic acids is 1. The highest BCUT2D eigenvalue weighted by atomic mass is 19.4. The Labute approximate surface area is 101 Å². The topological polar surface area (TPSA) is 37.3 Å². The Morgan fingerprint density at radius 3 is 2.22 bits per heavy atom. The fraction of sp³-hybridized carbons (Fsp3) is 0.417. The maximum Gasteiger partial charge on any atom is 0.389 e. The van der Waals surface area contributed by atoms with Gasteiger partial charge >= 0.3 is 12.1 Å². The molecule has 1 rings (SSSR count). The minimum atomic E-state index is -4.29. The van der Waals surface area contributed by atoms with E-state index in [9.17, 15) is 22.4 Å². The third-order valence-electron chi connectivity index (χ3n) is 2.52. The van der Waals surface area contributed by atoms with E-state index in [-0.39, 0.29) is 12.8 Å². The van der Waals surface area contributed by atoms with E-state index in [4.69, 9.17) is 5.11 Å². The van der Waals surface area contributed by atoms with Crippen LogP contribution in [0.1, 0.15) is 30.7 Å². The first-order chi connectivity index (χ1) is 8.29. The van der Waals surface area contributed by atoms with Gasteiger partial charge in [-0.05, 0) is 30.5 Å². The molecule has 0 heterocycles. The molecule has 0 saturated carbocycles. The molecule has 0 aliphatic heterocycles. The Hall–Kier alpha value is -1.59. The number of hydrogen-bond donors (Lipinski definition) is 1. The van der Waals surface area contributed by atoms with Gasteiger partial charge < -0.3 is 5.11 Å². The van der Waals surface area contributed by atoms with Gasteiger partial charge in [-0.3, -0.25) is 4.79 Å². The quantitative estimate of drug-likeness (QED) is 0.823. The molecule has 18 heavy (non-hydrogen) atoms. The Kier molecular flexibility index (Phi) is 4.69. The Morgan fingerprint density at radius 2 is 1.78 bits per heavy atom. The standard InChI is InChI=1S/C12H12F4O2/c13-9-5-3-8(4-6-9)10(11(17)18)2-1-7-12(14,15)16/h3-6,10H,1-2,7H2,(H,17,18). The summed E-state index contributed by atoms with van der Waals surface area (Å²) >= 11 is 0. The number of aliphatic carboxylic acids is 1. The Morgan fingerprint density at radius 1 is 1.22 bits per heavy atom. The zero-order valence-electron chi connectivity index (χ0n) is 9.38. The molecule has 100 valence electrons. The van der Waals surface area contributed by atoms with E-state index < -0.39 is 30.3 Å². The van der Waals surface area contributed by atoms with Gasteiger partial charge in [0.25, 0.3) is 0 Å². The van der Waals surface area contributed by atoms with Crippen molar-refractivity contribution >= 4 is 5.97 Å². The number of benzene rings is 1. The highest BCUT2D eigenvalue weighted by Gasteiger charge is 2.28. The second-order valence-electron chi connectivity index (χ2n) is 3.95. The summed E-state index contributed by atoms with van der Waals surface area (Å²) in [6.45, 7) is 0. The van der Waals surface area contributed by atoms with Crippen molar-refractivity contribution in [2.24, 2.45) is 0 Å². The summed E-state index contributed by atoms with van der Waals surface area (Å²) in [6, 6.07) is 4.74. The van der Waals surface area contributed by atoms with Crippen LogP contribution >= 0.6 is 0 Å². The predicted molar refractivity (Wildman–Crippen MR) is 56.7 cm³/mol. The van der Waals surface area contributed by atoms with Crippen LogP contribution in [0, 0.1) is 5.82 Å². The smallest absolute Gasteiger partial charge is 0.389 e. The third kappa shape index (κ3) is 4.73. The number of rotatable bonds is 5. The normalized spacial score (nSPS) is 13.3. The lowest BCUT2D eigenvalue weighted by atomic mass is 9.93. The van der Waals surface area contributed by atoms with Crippen LogP contribution in [-0.4, -0.2) is 17.3 Å². The molecule has 0 bridgehead atoms. The Bertz CT molecular complexity index is 398. The van der Waals surface area contributed by atoms with Crippen LogP contribution in [0.2, 0.25) is 0 Å². The molecule has 0 fully saturated rings. The van der Waals surface area contributed by atoms with Gasteiger partial charge in [0, 0.05) is 6.42 Å². The van der Waals surface area contributed by atoms with Crippen LogP contribution in [0.4, 0.5) is 17.6 Å². The lowest BCUT2D eigenvalue weighted by Gasteiger charge is -2.13. The molecule has 0 radical (unpaired) electrons. The lowest BCUT2D eigenvalue weighted by molar-refractivity contribution is -0.142. The molecule has 1 aromatic rings. The molecule has 0 amide bonds. The summed E-state index contributed by atoms with van der Waals surface area (Å²) in [7, 11) is 0. The van der Waals surface area contributed by atoms with E-state index in [1.807, 2.05) is 0 Å². The van der Waals surface area contributed by atoms with E-state index >= 15 is 0 Å². The van der Waals surface area contributed by atoms with Crippen molar-refractivity contribution in [1.82, 2.24) is 0 Å². The van der Waals surface area contributed by atoms with Crippen molar-refractivity contribution in [3.8, 4) is 0 Å². The Balaban J connectivity index is 2.66. The van der Waals surface area contributed by atoms with Gasteiger partial charge in [-0.15, -0.1) is 0 Å². The molecule has 1 atom stereocenters. The molecule has 0 aliphatic carbocycles. The molecule has 6 heteroatoms. The summed E-state index contributed by atoms with van der Waals surface area (Å²) in [5.41, 5.74) is 0.311. The van der Waals surface area contributed by atoms with E-state index in [2.05, 4.69) is 0 Å². The first kappa shape index (κ1) is 14.5. The molecule has 0 aliphatic rings. The average Bonchev–Trinajstić information content (AvgIpc) is 2.24. The summed E-state index contributed by atoms with van der Waals surface area (Å²) < 4.78 is 48.6. The van der Waals surface area contributed by atoms with Crippen LogP contribution < -0.4 is 0 Å². The molecule has 1 N–H and O–H groups in total. The SMILES string of the molecule is O=C(O)C(CCCC(F)(F)F)c1ccc(F)cc1. The number of alkyl halides is 3. The van der Waals surface area contributed by atoms with Gasteiger partial charge in [0.2, 0.25) is 0 Å². The summed E-state index contributed by atoms with van der Waals surface area (Å²) in [5, 5.41) is 8.95. The lowest BCUT2D eigenvalue weighted by Crippen LogP contribution is -2.14. The monoisotopic (exact) mass is 264 g/mol. The highest BCUT2D eigenvalue weighted by molar-refractivity contribution is 5.75. The van der Waals surface area contributed by atoms with Crippen LogP contribution in [0.3, 0.4) is 0 Å². The number of hydrogen-bond acceptors (Lipinski definition) is 1. The zero-order chi connectivity index (χ0) is 13.8. The molecule has 0 spiro atoms. The van der Waals surface area contributed by atoms with E-state index in [0.29, 0.717) is 5.56 Å². The number of halogens is 4. The van der Waals surface area contributed by atoms with E-state index in [1.54, 1.807) is 0 Å². The fourth-order valence-corrected chi connectivity index (χ4v) is 1.63. The second-order valence-corrected chi connectivity index (χ2v) is 3.95. The van der Waals surface area contributed by atoms with Crippen LogP contribution in [-0.2, 0) is 4.79 Å². The van der Waals surface area contributed by atoms with Crippen molar-refractivity contribution in [3.05, 3.63) is 35.6 Å². The molecule has 0 saturated heterocycles. The van der Waals surface area contributed by atoms with Crippen molar-refractivity contribution in [3.63, 3.8) is 0 Å². The highest BCUT2D eigenvalue weighted by Crippen LogP contribution is 2.27. The first-order valence-corrected chi connectivity index (χ1v) is 5.34. The third-order valence-corrected chi connectivity index (χ3v) is 2.52. The van der Waals surface area contributed by atoms with Crippen molar-refractivity contribution < 1.29 is 27.5 Å². The van der Waals surface area contributed by atoms with Gasteiger partial charge in [0.15, 0.2) is 0 Å². The van der Waals surface area contributed by atoms with Crippen molar-refractivity contribution in [2.45, 2.75) is 31.4 Å². The molecular formula is C12H12F4O2. The van der Waals surface area contributed by atoms with Crippen LogP contribution in [0.25, 0.3) is 0 Å². The van der Waals surface area contributed by atoms with Crippen LogP contribution in [0.5, 0.6) is 0 Å². The van der Waals surface area contributed by atoms with Gasteiger partial charge in [0.05, 0.1) is 5.92 Å². The maximum absolute atomic E-state index is 12.7. The second kappa shape index (κ2) is 5.84. The molecule has 0 aromatic heterocycles. The summed E-state index contributed by atoms with van der Waals surface area (Å²) in [6.07, 6.45) is -5.69. The molecule has 1 aromatic carbocycles. The summed E-state index contributed by atoms with van der Waals surface area (Å²) in [4.78, 5) is 11.0. The number of carboxylic acid groups (broad SMARTS) is 1. The van der Waals surface area contributed by atoms with Crippen LogP contribution in [0.15, 0.2) is 24.3 Å².